The van der Waals surface area contributed by atoms with Crippen LogP contribution in [0.5, 0.6) is 5.75 Å². The van der Waals surface area contributed by atoms with E-state index in [0.29, 0.717) is 12.1 Å². The number of halogens is 1. The Bertz CT molecular complexity index is 390. The number of nitrogens with one attached hydrogen (secondary N) is 1. The number of rotatable bonds is 2. The van der Waals surface area contributed by atoms with Gasteiger partial charge < -0.3 is 10.1 Å². The molecule has 1 aliphatic rings. The van der Waals surface area contributed by atoms with Gasteiger partial charge >= 0.3 is 0 Å². The number of fused-ring (bicyclic) bond motifs is 1. The fourth-order valence-electron chi connectivity index (χ4n) is 2.19. The number of aryl methyl sites for hydroxylation is 1. The maximum Gasteiger partial charge on any atom is 0.128 e. The lowest BCUT2D eigenvalue weighted by molar-refractivity contribution is 0.246. The van der Waals surface area contributed by atoms with Gasteiger partial charge in [-0.25, -0.2) is 0 Å². The van der Waals surface area contributed by atoms with E-state index in [1.165, 1.54) is 0 Å². The van der Waals surface area contributed by atoms with E-state index in [4.69, 9.17) is 16.3 Å². The van der Waals surface area contributed by atoms with Gasteiger partial charge in [-0.2, -0.15) is 0 Å². The van der Waals surface area contributed by atoms with Gasteiger partial charge in [0.15, 0.2) is 0 Å². The van der Waals surface area contributed by atoms with Crippen molar-refractivity contribution in [1.82, 2.24) is 5.32 Å². The quantitative estimate of drug-likeness (QED) is 0.853. The summed E-state index contributed by atoms with van der Waals surface area (Å²) in [7, 11) is 0. The number of ether oxygens (including phenoxy) is 1. The second-order valence-electron chi connectivity index (χ2n) is 4.62. The van der Waals surface area contributed by atoms with E-state index in [2.05, 4.69) is 26.1 Å². The lowest BCUT2D eigenvalue weighted by Crippen LogP contribution is -2.32. The largest absolute Gasteiger partial charge is 0.493 e. The van der Waals surface area contributed by atoms with Gasteiger partial charge in [-0.1, -0.05) is 31.5 Å². The molecule has 0 amide bonds. The first-order valence-corrected chi connectivity index (χ1v) is 6.15. The van der Waals surface area contributed by atoms with Gasteiger partial charge in [0.05, 0.1) is 6.61 Å². The fourth-order valence-corrected chi connectivity index (χ4v) is 2.47. The molecule has 2 nitrogen and oxygen atoms in total. The first-order chi connectivity index (χ1) is 7.59. The average molecular weight is 240 g/mol. The topological polar surface area (TPSA) is 21.3 Å². The standard InChI is InChI=1S/C13H18ClNO/c1-8(2)15-11-6-7-16-13-9(3)4-5-10(14)12(11)13/h4-5,8,11,15H,6-7H2,1-3H3. The first kappa shape index (κ1) is 11.7. The summed E-state index contributed by atoms with van der Waals surface area (Å²) >= 11 is 6.27. The molecule has 3 heteroatoms. The average Bonchev–Trinajstić information content (AvgIpc) is 2.23. The first-order valence-electron chi connectivity index (χ1n) is 5.77. The van der Waals surface area contributed by atoms with E-state index >= 15 is 0 Å². The number of hydrogen-bond acceptors (Lipinski definition) is 2. The highest BCUT2D eigenvalue weighted by Crippen LogP contribution is 2.39. The van der Waals surface area contributed by atoms with E-state index in [9.17, 15) is 0 Å². The summed E-state index contributed by atoms with van der Waals surface area (Å²) in [5, 5.41) is 4.35. The zero-order valence-electron chi connectivity index (χ0n) is 10.0. The Balaban J connectivity index is 2.40. The molecule has 0 spiro atoms. The van der Waals surface area contributed by atoms with Gasteiger partial charge in [0, 0.05) is 29.1 Å². The third kappa shape index (κ3) is 2.18. The van der Waals surface area contributed by atoms with Crippen LogP contribution in [0.2, 0.25) is 5.02 Å². The SMILES string of the molecule is Cc1ccc(Cl)c2c1OCCC2NC(C)C. The summed E-state index contributed by atoms with van der Waals surface area (Å²) in [6.45, 7) is 7.13. The molecule has 16 heavy (non-hydrogen) atoms. The summed E-state index contributed by atoms with van der Waals surface area (Å²) in [4.78, 5) is 0. The van der Waals surface area contributed by atoms with Gasteiger partial charge in [0.25, 0.3) is 0 Å². The van der Waals surface area contributed by atoms with Gasteiger partial charge in [-0.05, 0) is 18.6 Å². The van der Waals surface area contributed by atoms with E-state index in [-0.39, 0.29) is 0 Å². The smallest absolute Gasteiger partial charge is 0.128 e. The molecule has 0 saturated carbocycles. The number of benzene rings is 1. The molecule has 0 bridgehead atoms. The minimum Gasteiger partial charge on any atom is -0.493 e. The minimum absolute atomic E-state index is 0.316. The molecule has 1 aliphatic heterocycles. The molecule has 1 heterocycles. The fraction of sp³-hybridized carbons (Fsp3) is 0.538. The van der Waals surface area contributed by atoms with Crippen LogP contribution in [0.25, 0.3) is 0 Å². The Morgan fingerprint density at radius 2 is 2.19 bits per heavy atom. The summed E-state index contributed by atoms with van der Waals surface area (Å²) in [5.74, 6) is 0.969. The van der Waals surface area contributed by atoms with Crippen molar-refractivity contribution >= 4 is 11.6 Å². The Labute approximate surface area is 102 Å². The van der Waals surface area contributed by atoms with Crippen LogP contribution in [0, 0.1) is 6.92 Å². The van der Waals surface area contributed by atoms with E-state index in [0.717, 1.165) is 34.9 Å². The van der Waals surface area contributed by atoms with Crippen LogP contribution in [0.1, 0.15) is 37.4 Å². The molecular formula is C13H18ClNO. The number of hydrogen-bond donors (Lipinski definition) is 1. The summed E-state index contributed by atoms with van der Waals surface area (Å²) in [6, 6.07) is 4.74. The predicted octanol–water partition coefficient (Wildman–Crippen LogP) is 3.47. The second-order valence-corrected chi connectivity index (χ2v) is 5.03. The van der Waals surface area contributed by atoms with Crippen LogP contribution in [0.15, 0.2) is 12.1 Å². The molecule has 1 unspecified atom stereocenters. The maximum absolute atomic E-state index is 6.27. The monoisotopic (exact) mass is 239 g/mol. The molecule has 1 aromatic rings. The van der Waals surface area contributed by atoms with E-state index < -0.39 is 0 Å². The molecular weight excluding hydrogens is 222 g/mol. The lowest BCUT2D eigenvalue weighted by Gasteiger charge is -2.30. The molecule has 88 valence electrons. The molecule has 0 radical (unpaired) electrons. The van der Waals surface area contributed by atoms with Crippen LogP contribution >= 0.6 is 11.6 Å². The Morgan fingerprint density at radius 1 is 1.44 bits per heavy atom. The summed E-state index contributed by atoms with van der Waals surface area (Å²) in [6.07, 6.45) is 0.981. The van der Waals surface area contributed by atoms with E-state index in [1.54, 1.807) is 0 Å². The van der Waals surface area contributed by atoms with Crippen LogP contribution in [-0.4, -0.2) is 12.6 Å². The van der Waals surface area contributed by atoms with E-state index in [1.807, 2.05) is 12.1 Å². The predicted molar refractivity (Wildman–Crippen MR) is 67.3 cm³/mol. The Kier molecular flexibility index (Phi) is 3.41. The molecule has 1 N–H and O–H groups in total. The highest BCUT2D eigenvalue weighted by Gasteiger charge is 2.25. The molecule has 0 saturated heterocycles. The second kappa shape index (κ2) is 4.64. The third-order valence-electron chi connectivity index (χ3n) is 2.88. The molecule has 0 aliphatic carbocycles. The van der Waals surface area contributed by atoms with Crippen LogP contribution < -0.4 is 10.1 Å². The Morgan fingerprint density at radius 3 is 2.88 bits per heavy atom. The van der Waals surface area contributed by atoms with Crippen molar-refractivity contribution in [3.63, 3.8) is 0 Å². The molecule has 0 fully saturated rings. The highest BCUT2D eigenvalue weighted by atomic mass is 35.5. The van der Waals surface area contributed by atoms with Gasteiger partial charge in [0.1, 0.15) is 5.75 Å². The molecule has 1 aromatic carbocycles. The van der Waals surface area contributed by atoms with Crippen molar-refractivity contribution in [3.05, 3.63) is 28.3 Å². The van der Waals surface area contributed by atoms with Crippen molar-refractivity contribution in [2.75, 3.05) is 6.61 Å². The zero-order valence-corrected chi connectivity index (χ0v) is 10.8. The molecule has 2 rings (SSSR count). The summed E-state index contributed by atoms with van der Waals surface area (Å²) < 4.78 is 5.72. The van der Waals surface area contributed by atoms with Crippen molar-refractivity contribution < 1.29 is 4.74 Å². The van der Waals surface area contributed by atoms with Crippen molar-refractivity contribution in [2.24, 2.45) is 0 Å². The molecule has 1 atom stereocenters. The van der Waals surface area contributed by atoms with Gasteiger partial charge in [-0.15, -0.1) is 0 Å². The maximum atomic E-state index is 6.27. The lowest BCUT2D eigenvalue weighted by atomic mass is 9.97. The minimum atomic E-state index is 0.316. The van der Waals surface area contributed by atoms with Crippen LogP contribution in [-0.2, 0) is 0 Å². The van der Waals surface area contributed by atoms with Crippen molar-refractivity contribution in [2.45, 2.75) is 39.3 Å². The van der Waals surface area contributed by atoms with Crippen LogP contribution in [0.4, 0.5) is 0 Å². The van der Waals surface area contributed by atoms with Gasteiger partial charge in [0.2, 0.25) is 0 Å². The van der Waals surface area contributed by atoms with Crippen molar-refractivity contribution in [3.8, 4) is 5.75 Å². The normalized spacial score (nSPS) is 19.4. The van der Waals surface area contributed by atoms with Gasteiger partial charge in [-0.3, -0.25) is 0 Å². The highest BCUT2D eigenvalue weighted by molar-refractivity contribution is 6.31. The third-order valence-corrected chi connectivity index (χ3v) is 3.21. The molecule has 0 aromatic heterocycles. The zero-order chi connectivity index (χ0) is 11.7. The van der Waals surface area contributed by atoms with Crippen LogP contribution in [0.3, 0.4) is 0 Å². The summed E-state index contributed by atoms with van der Waals surface area (Å²) in [5.41, 5.74) is 2.29. The van der Waals surface area contributed by atoms with Crippen molar-refractivity contribution in [1.29, 1.82) is 0 Å². The Hall–Kier alpha value is -0.730.